The van der Waals surface area contributed by atoms with E-state index in [0.29, 0.717) is 28.7 Å². The van der Waals surface area contributed by atoms with Gasteiger partial charge < -0.3 is 15.0 Å². The van der Waals surface area contributed by atoms with Crippen molar-refractivity contribution in [3.63, 3.8) is 0 Å². The van der Waals surface area contributed by atoms with Gasteiger partial charge in [0.05, 0.1) is 17.5 Å². The lowest BCUT2D eigenvalue weighted by molar-refractivity contribution is -0.119. The first-order valence-electron chi connectivity index (χ1n) is 14.9. The number of Topliss-reactive ketones (excluding diaryl/α,β-unsaturated/α-hetero) is 2. The van der Waals surface area contributed by atoms with Crippen molar-refractivity contribution < 1.29 is 14.3 Å². The minimum absolute atomic E-state index is 0.00647. The second kappa shape index (κ2) is 15.4. The Labute approximate surface area is 242 Å². The maximum atomic E-state index is 13.7. The molecule has 0 spiro atoms. The topological polar surface area (TPSA) is 58.6 Å². The van der Waals surface area contributed by atoms with Gasteiger partial charge in [0.15, 0.2) is 11.6 Å². The van der Waals surface area contributed by atoms with Gasteiger partial charge in [-0.1, -0.05) is 75.3 Å². The molecule has 40 heavy (non-hydrogen) atoms. The number of fused-ring (bicyclic) bond motifs is 1. The SMILES string of the molecule is C/C=C(\CC)C(C)CCN(CC)C1=C(C)C(=O)C2C=CC(C)=CC(C(C)Nc3ccccc3C(C)=O)=C2O1.CC. The van der Waals surface area contributed by atoms with Gasteiger partial charge in [0.25, 0.3) is 0 Å². The fourth-order valence-corrected chi connectivity index (χ4v) is 5.37. The summed E-state index contributed by atoms with van der Waals surface area (Å²) < 4.78 is 6.70. The Morgan fingerprint density at radius 1 is 1.15 bits per heavy atom. The van der Waals surface area contributed by atoms with E-state index >= 15 is 0 Å². The smallest absolute Gasteiger partial charge is 0.202 e. The maximum Gasteiger partial charge on any atom is 0.202 e. The highest BCUT2D eigenvalue weighted by atomic mass is 16.5. The minimum Gasteiger partial charge on any atom is -0.444 e. The highest BCUT2D eigenvalue weighted by molar-refractivity contribution is 6.01. The monoisotopic (exact) mass is 546 g/mol. The quantitative estimate of drug-likeness (QED) is 0.222. The zero-order chi connectivity index (χ0) is 30.0. The molecule has 3 unspecified atom stereocenters. The first-order chi connectivity index (χ1) is 19.1. The van der Waals surface area contributed by atoms with Gasteiger partial charge >= 0.3 is 0 Å². The van der Waals surface area contributed by atoms with Crippen molar-refractivity contribution in [1.29, 1.82) is 0 Å². The van der Waals surface area contributed by atoms with Crippen LogP contribution in [-0.2, 0) is 9.53 Å². The maximum absolute atomic E-state index is 13.7. The molecule has 0 saturated heterocycles. The Balaban J connectivity index is 0.00000274. The van der Waals surface area contributed by atoms with Crippen LogP contribution in [0.4, 0.5) is 5.69 Å². The van der Waals surface area contributed by atoms with Crippen molar-refractivity contribution >= 4 is 17.3 Å². The summed E-state index contributed by atoms with van der Waals surface area (Å²) in [6.07, 6.45) is 10.3. The third-order valence-corrected chi connectivity index (χ3v) is 7.74. The molecular weight excluding hydrogens is 496 g/mol. The predicted octanol–water partition coefficient (Wildman–Crippen LogP) is 8.64. The van der Waals surface area contributed by atoms with E-state index in [0.717, 1.165) is 42.8 Å². The van der Waals surface area contributed by atoms with Crippen LogP contribution in [0.2, 0.25) is 0 Å². The van der Waals surface area contributed by atoms with E-state index in [1.54, 1.807) is 6.92 Å². The summed E-state index contributed by atoms with van der Waals surface area (Å²) in [6, 6.07) is 7.34. The molecule has 1 aliphatic carbocycles. The lowest BCUT2D eigenvalue weighted by Crippen LogP contribution is -2.36. The normalized spacial score (nSPS) is 18.6. The zero-order valence-corrected chi connectivity index (χ0v) is 26.4. The molecule has 0 aromatic heterocycles. The summed E-state index contributed by atoms with van der Waals surface area (Å²) in [5, 5.41) is 3.51. The fourth-order valence-electron chi connectivity index (χ4n) is 5.37. The van der Waals surface area contributed by atoms with Crippen LogP contribution in [0.3, 0.4) is 0 Å². The number of carbonyl (C=O) groups excluding carboxylic acids is 2. The van der Waals surface area contributed by atoms with Gasteiger partial charge in [-0.05, 0) is 72.4 Å². The lowest BCUT2D eigenvalue weighted by atomic mass is 9.90. The molecule has 1 N–H and O–H groups in total. The number of allylic oxidation sites excluding steroid dienone is 6. The number of nitrogens with zero attached hydrogens (tertiary/aromatic N) is 1. The standard InChI is InChI=1S/C33H44N2O3.C2H6/c1-9-26(10-2)22(5)18-19-35(11-3)33-23(6)31(37)28-17-16-21(4)20-29(32(28)38-33)24(7)34-30-15-13-12-14-27(30)25(8)36;1-2/h9,12-17,20,22,24,28,34H,10-11,18-19H2,1-8H3;1-2H3/b26-9+;. The Bertz CT molecular complexity index is 1210. The summed E-state index contributed by atoms with van der Waals surface area (Å²) in [7, 11) is 0. The molecule has 5 nitrogen and oxygen atoms in total. The van der Waals surface area contributed by atoms with E-state index in [4.69, 9.17) is 4.74 Å². The molecule has 1 heterocycles. The van der Waals surface area contributed by atoms with Gasteiger partial charge in [-0.3, -0.25) is 9.59 Å². The molecule has 1 aromatic rings. The summed E-state index contributed by atoms with van der Waals surface area (Å²) in [6.45, 7) is 21.8. The van der Waals surface area contributed by atoms with E-state index in [9.17, 15) is 9.59 Å². The molecule has 1 aliphatic heterocycles. The Kier molecular flexibility index (Phi) is 12.7. The van der Waals surface area contributed by atoms with Gasteiger partial charge in [-0.15, -0.1) is 0 Å². The minimum atomic E-state index is -0.470. The number of hydrogen-bond acceptors (Lipinski definition) is 5. The third kappa shape index (κ3) is 7.65. The average molecular weight is 547 g/mol. The van der Waals surface area contributed by atoms with Crippen LogP contribution in [0.15, 0.2) is 82.5 Å². The number of benzene rings is 1. The molecule has 5 heteroatoms. The summed E-state index contributed by atoms with van der Waals surface area (Å²) in [5.74, 6) is 1.40. The summed E-state index contributed by atoms with van der Waals surface area (Å²) in [5.41, 5.74) is 5.50. The van der Waals surface area contributed by atoms with Crippen molar-refractivity contribution in [3.8, 4) is 0 Å². The van der Waals surface area contributed by atoms with Crippen molar-refractivity contribution in [2.75, 3.05) is 18.4 Å². The molecule has 3 rings (SSSR count). The lowest BCUT2D eigenvalue weighted by Gasteiger charge is -2.35. The number of carbonyl (C=O) groups is 2. The van der Waals surface area contributed by atoms with Crippen LogP contribution in [0.25, 0.3) is 0 Å². The third-order valence-electron chi connectivity index (χ3n) is 7.74. The molecule has 218 valence electrons. The van der Waals surface area contributed by atoms with Crippen molar-refractivity contribution in [1.82, 2.24) is 4.90 Å². The van der Waals surface area contributed by atoms with Crippen LogP contribution in [0.1, 0.15) is 92.4 Å². The van der Waals surface area contributed by atoms with Gasteiger partial charge in [0.2, 0.25) is 5.88 Å². The largest absolute Gasteiger partial charge is 0.444 e. The molecule has 0 amide bonds. The van der Waals surface area contributed by atoms with Crippen molar-refractivity contribution in [2.45, 2.75) is 88.1 Å². The Hall–Kier alpha value is -3.34. The molecule has 0 fully saturated rings. The number of anilines is 1. The van der Waals surface area contributed by atoms with Crippen LogP contribution in [0, 0.1) is 11.8 Å². The van der Waals surface area contributed by atoms with Crippen molar-refractivity contribution in [3.05, 3.63) is 88.1 Å². The van der Waals surface area contributed by atoms with Crippen LogP contribution < -0.4 is 5.32 Å². The molecule has 0 radical (unpaired) electrons. The number of para-hydroxylation sites is 1. The van der Waals surface area contributed by atoms with Gasteiger partial charge in [-0.2, -0.15) is 0 Å². The van der Waals surface area contributed by atoms with E-state index in [2.05, 4.69) is 50.1 Å². The molecule has 0 bridgehead atoms. The van der Waals surface area contributed by atoms with Crippen LogP contribution in [0.5, 0.6) is 0 Å². The summed E-state index contributed by atoms with van der Waals surface area (Å²) in [4.78, 5) is 28.1. The van der Waals surface area contributed by atoms with E-state index < -0.39 is 5.92 Å². The second-order valence-electron chi connectivity index (χ2n) is 10.4. The number of ketones is 2. The molecule has 3 atom stereocenters. The Morgan fingerprint density at radius 2 is 1.82 bits per heavy atom. The first kappa shape index (κ1) is 32.9. The van der Waals surface area contributed by atoms with E-state index in [-0.39, 0.29) is 17.6 Å². The molecule has 2 aliphatic rings. The van der Waals surface area contributed by atoms with Crippen molar-refractivity contribution in [2.24, 2.45) is 11.8 Å². The first-order valence-corrected chi connectivity index (χ1v) is 14.9. The van der Waals surface area contributed by atoms with Crippen LogP contribution >= 0.6 is 0 Å². The predicted molar refractivity (Wildman–Crippen MR) is 168 cm³/mol. The number of nitrogens with one attached hydrogen (secondary N) is 1. The molecule has 1 aromatic carbocycles. The molecule has 0 saturated carbocycles. The number of rotatable bonds is 11. The Morgan fingerprint density at radius 3 is 2.42 bits per heavy atom. The van der Waals surface area contributed by atoms with Gasteiger partial charge in [-0.25, -0.2) is 0 Å². The van der Waals surface area contributed by atoms with E-state index in [1.807, 2.05) is 71.0 Å². The highest BCUT2D eigenvalue weighted by Gasteiger charge is 2.37. The highest BCUT2D eigenvalue weighted by Crippen LogP contribution is 2.37. The summed E-state index contributed by atoms with van der Waals surface area (Å²) >= 11 is 0. The number of hydrogen-bond donors (Lipinski definition) is 1. The molecular formula is C35H50N2O3. The van der Waals surface area contributed by atoms with Crippen LogP contribution in [-0.4, -0.2) is 35.6 Å². The number of ether oxygens (including phenoxy) is 1. The second-order valence-corrected chi connectivity index (χ2v) is 10.4. The van der Waals surface area contributed by atoms with E-state index in [1.165, 1.54) is 5.57 Å². The fraction of sp³-hybridized carbons (Fsp3) is 0.486. The van der Waals surface area contributed by atoms with Gasteiger partial charge in [0.1, 0.15) is 5.76 Å². The zero-order valence-electron chi connectivity index (χ0n) is 26.4. The van der Waals surface area contributed by atoms with Gasteiger partial charge in [0, 0.05) is 29.9 Å². The average Bonchev–Trinajstić information content (AvgIpc) is 3.12.